The SMILES string of the molecule is CO/N=C(\C(=O)NC1C(=O)N(S(=O)(=O)O)C1C(C)=O)c1csc(N)n1.[H-].[Na+]. The Morgan fingerprint density at radius 1 is 1.54 bits per heavy atom. The van der Waals surface area contributed by atoms with E-state index in [0.717, 1.165) is 18.3 Å². The van der Waals surface area contributed by atoms with Gasteiger partial charge in [-0.25, -0.2) is 9.29 Å². The van der Waals surface area contributed by atoms with Gasteiger partial charge in [0.2, 0.25) is 0 Å². The van der Waals surface area contributed by atoms with Gasteiger partial charge in [0.25, 0.3) is 11.8 Å². The van der Waals surface area contributed by atoms with Crippen LogP contribution in [0.4, 0.5) is 5.13 Å². The average Bonchev–Trinajstić information content (AvgIpc) is 2.91. The van der Waals surface area contributed by atoms with E-state index in [2.05, 4.69) is 20.3 Å². The molecule has 1 fully saturated rings. The average molecular weight is 415 g/mol. The third-order valence-electron chi connectivity index (χ3n) is 3.17. The van der Waals surface area contributed by atoms with E-state index in [1.54, 1.807) is 0 Å². The third-order valence-corrected chi connectivity index (χ3v) is 4.74. The van der Waals surface area contributed by atoms with Crippen molar-refractivity contribution >= 4 is 50.1 Å². The van der Waals surface area contributed by atoms with Gasteiger partial charge in [-0.3, -0.25) is 18.9 Å². The molecule has 12 nitrogen and oxygen atoms in total. The molecule has 1 aromatic rings. The van der Waals surface area contributed by atoms with Crippen LogP contribution in [0.2, 0.25) is 0 Å². The monoisotopic (exact) mass is 415 g/mol. The van der Waals surface area contributed by atoms with Crippen LogP contribution in [-0.4, -0.2) is 64.8 Å². The molecule has 1 aromatic heterocycles. The Labute approximate surface area is 175 Å². The molecule has 4 N–H and O–H groups in total. The Morgan fingerprint density at radius 3 is 2.58 bits per heavy atom. The number of Topliss-reactive ketones (excluding diaryl/α,β-unsaturated/α-hetero) is 1. The number of carbonyl (C=O) groups is 3. The largest absolute Gasteiger partial charge is 1.00 e. The van der Waals surface area contributed by atoms with E-state index >= 15 is 0 Å². The minimum atomic E-state index is -4.93. The maximum absolute atomic E-state index is 12.3. The molecule has 1 saturated heterocycles. The Hall–Kier alpha value is -1.58. The zero-order chi connectivity index (χ0) is 18.9. The summed E-state index contributed by atoms with van der Waals surface area (Å²) in [6.45, 7) is 1.01. The van der Waals surface area contributed by atoms with Crippen molar-refractivity contribution < 1.29 is 63.2 Å². The molecular formula is C11H14N5NaO7S2. The first kappa shape index (κ1) is 22.5. The Morgan fingerprint density at radius 2 is 2.15 bits per heavy atom. The van der Waals surface area contributed by atoms with Crippen LogP contribution in [0.3, 0.4) is 0 Å². The van der Waals surface area contributed by atoms with Crippen molar-refractivity contribution in [2.45, 2.75) is 19.0 Å². The van der Waals surface area contributed by atoms with Crippen LogP contribution in [0.5, 0.6) is 0 Å². The van der Waals surface area contributed by atoms with E-state index < -0.39 is 40.0 Å². The van der Waals surface area contributed by atoms with E-state index in [-0.39, 0.29) is 51.8 Å². The van der Waals surface area contributed by atoms with E-state index in [1.165, 1.54) is 12.5 Å². The molecule has 15 heteroatoms. The van der Waals surface area contributed by atoms with E-state index in [9.17, 15) is 22.8 Å². The molecule has 2 atom stereocenters. The summed E-state index contributed by atoms with van der Waals surface area (Å²) in [7, 11) is -3.75. The van der Waals surface area contributed by atoms with Gasteiger partial charge in [0, 0.05) is 5.38 Å². The number of hydrogen-bond acceptors (Lipinski definition) is 10. The van der Waals surface area contributed by atoms with Gasteiger partial charge in [-0.05, 0) is 6.92 Å². The van der Waals surface area contributed by atoms with E-state index in [4.69, 9.17) is 10.3 Å². The molecule has 1 aliphatic rings. The second-order valence-electron chi connectivity index (χ2n) is 4.81. The molecule has 2 rings (SSSR count). The summed E-state index contributed by atoms with van der Waals surface area (Å²) in [5.41, 5.74) is 5.23. The number of aromatic nitrogens is 1. The van der Waals surface area contributed by atoms with Gasteiger partial charge in [0.1, 0.15) is 24.9 Å². The number of carbonyl (C=O) groups excluding carboxylic acids is 3. The minimum absolute atomic E-state index is 0. The number of β-lactam (4-membered cyclic amide) rings is 1. The smallest absolute Gasteiger partial charge is 1.00 e. The first-order valence-electron chi connectivity index (χ1n) is 6.52. The number of hydrogen-bond donors (Lipinski definition) is 3. The zero-order valence-electron chi connectivity index (χ0n) is 14.9. The molecule has 0 aliphatic carbocycles. The molecule has 0 aromatic carbocycles. The first-order chi connectivity index (χ1) is 11.6. The number of nitrogen functional groups attached to an aromatic ring is 1. The Bertz CT molecular complexity index is 874. The number of ketones is 1. The molecule has 2 amide bonds. The summed E-state index contributed by atoms with van der Waals surface area (Å²) in [4.78, 5) is 44.2. The van der Waals surface area contributed by atoms with Crippen LogP contribution < -0.4 is 40.6 Å². The summed E-state index contributed by atoms with van der Waals surface area (Å²) in [5, 5.41) is 7.25. The van der Waals surface area contributed by atoms with Gasteiger partial charge in [-0.15, -0.1) is 11.3 Å². The van der Waals surface area contributed by atoms with Crippen LogP contribution in [0.1, 0.15) is 14.0 Å². The normalized spacial score (nSPS) is 20.0. The fourth-order valence-corrected chi connectivity index (χ4v) is 3.61. The van der Waals surface area contributed by atoms with Crippen molar-refractivity contribution in [2.24, 2.45) is 5.16 Å². The molecular weight excluding hydrogens is 401 g/mol. The number of nitrogens with two attached hydrogens (primary N) is 1. The van der Waals surface area contributed by atoms with E-state index in [1.807, 2.05) is 0 Å². The standard InChI is InChI=1S/C11H13N5O7S2.Na.H/c1-4(17)8-7(10(19)16(8)25(20,21)22)14-9(18)6(15-23-2)5-3-24-11(12)13-5;;/h3,7-8H,1-2H3,(H2,12,13)(H,14,18)(H,20,21,22);;/q;+1;-1/b15-6-;;. The first-order valence-corrected chi connectivity index (χ1v) is 8.80. The van der Waals surface area contributed by atoms with Gasteiger partial charge < -0.3 is 17.3 Å². The van der Waals surface area contributed by atoms with Crippen LogP contribution >= 0.6 is 11.3 Å². The maximum Gasteiger partial charge on any atom is 1.00 e. The number of nitrogens with zero attached hydrogens (tertiary/aromatic N) is 3. The van der Waals surface area contributed by atoms with Crippen molar-refractivity contribution in [3.63, 3.8) is 0 Å². The van der Waals surface area contributed by atoms with Crippen molar-refractivity contribution in [2.75, 3.05) is 12.8 Å². The maximum atomic E-state index is 12.3. The molecule has 0 radical (unpaired) electrons. The van der Waals surface area contributed by atoms with Crippen LogP contribution in [-0.2, 0) is 29.5 Å². The van der Waals surface area contributed by atoms with E-state index in [0.29, 0.717) is 0 Å². The van der Waals surface area contributed by atoms with Gasteiger partial charge in [-0.2, -0.15) is 8.42 Å². The van der Waals surface area contributed by atoms with Crippen molar-refractivity contribution in [1.82, 2.24) is 14.6 Å². The van der Waals surface area contributed by atoms with Gasteiger partial charge in [0.05, 0.1) is 0 Å². The quantitative estimate of drug-likeness (QED) is 0.135. The molecule has 138 valence electrons. The number of nitrogens with one attached hydrogen (secondary N) is 1. The summed E-state index contributed by atoms with van der Waals surface area (Å²) in [6.07, 6.45) is 0. The van der Waals surface area contributed by atoms with Gasteiger partial charge in [0.15, 0.2) is 16.6 Å². The molecule has 0 saturated carbocycles. The molecule has 2 unspecified atom stereocenters. The van der Waals surface area contributed by atoms with Crippen molar-refractivity contribution in [1.29, 1.82) is 0 Å². The summed E-state index contributed by atoms with van der Waals surface area (Å²) in [5.74, 6) is -2.84. The van der Waals surface area contributed by atoms with Crippen LogP contribution in [0, 0.1) is 0 Å². The third kappa shape index (κ3) is 4.39. The molecule has 26 heavy (non-hydrogen) atoms. The van der Waals surface area contributed by atoms with Crippen LogP contribution in [0.15, 0.2) is 10.5 Å². The Balaban J connectivity index is 0.00000338. The molecule has 0 spiro atoms. The second-order valence-corrected chi connectivity index (χ2v) is 6.99. The van der Waals surface area contributed by atoms with Crippen molar-refractivity contribution in [3.8, 4) is 0 Å². The topological polar surface area (TPSA) is 181 Å². The summed E-state index contributed by atoms with van der Waals surface area (Å²) in [6, 6.07) is -3.04. The second kappa shape index (κ2) is 8.41. The van der Waals surface area contributed by atoms with Gasteiger partial charge >= 0.3 is 39.9 Å². The Kier molecular flexibility index (Phi) is 7.26. The fraction of sp³-hybridized carbons (Fsp3) is 0.364. The number of oxime groups is 1. The van der Waals surface area contributed by atoms with Crippen molar-refractivity contribution in [3.05, 3.63) is 11.1 Å². The summed E-state index contributed by atoms with van der Waals surface area (Å²) >= 11 is 1.03. The zero-order valence-corrected chi connectivity index (χ0v) is 17.5. The molecule has 1 aliphatic heterocycles. The number of anilines is 1. The number of thiazole rings is 1. The minimum Gasteiger partial charge on any atom is -1.00 e. The number of amides is 2. The summed E-state index contributed by atoms with van der Waals surface area (Å²) < 4.78 is 31.3. The molecule has 2 heterocycles. The predicted molar refractivity (Wildman–Crippen MR) is 86.0 cm³/mol. The van der Waals surface area contributed by atoms with Crippen LogP contribution in [0.25, 0.3) is 0 Å². The fourth-order valence-electron chi connectivity index (χ4n) is 2.16. The molecule has 0 bridgehead atoms. The predicted octanol–water partition coefficient (Wildman–Crippen LogP) is -4.72. The number of rotatable bonds is 6. The van der Waals surface area contributed by atoms with Gasteiger partial charge in [-0.1, -0.05) is 5.16 Å².